The maximum atomic E-state index is 8.98. The quantitative estimate of drug-likeness (QED) is 0.769. The van der Waals surface area contributed by atoms with E-state index in [4.69, 9.17) is 15.1 Å². The van der Waals surface area contributed by atoms with Crippen LogP contribution in [0.5, 0.6) is 5.75 Å². The van der Waals surface area contributed by atoms with E-state index in [1.54, 1.807) is 0 Å². The summed E-state index contributed by atoms with van der Waals surface area (Å²) in [6.07, 6.45) is 1.67. The molecule has 1 aromatic rings. The molecule has 0 unspecified atom stereocenters. The molecule has 0 saturated carbocycles. The van der Waals surface area contributed by atoms with Crippen molar-refractivity contribution in [3.05, 3.63) is 29.8 Å². The fraction of sp³-hybridized carbons (Fsp3) is 0.500. The van der Waals surface area contributed by atoms with E-state index in [9.17, 15) is 0 Å². The summed E-state index contributed by atoms with van der Waals surface area (Å²) in [6, 6.07) is 9.68. The Balaban J connectivity index is 2.34. The molecule has 0 heterocycles. The minimum atomic E-state index is -0.281. The summed E-state index contributed by atoms with van der Waals surface area (Å²) in [6.45, 7) is 4.48. The average molecular weight is 233 g/mol. The molecule has 92 valence electrons. The standard InChI is InChI=1S/C14H19NO2/c1-14(2,11-15)7-4-8-17-13-6-3-5-12(9-13)10-16/h3,5-6,9,16H,4,7-8,10H2,1-2H3. The molecular weight excluding hydrogens is 214 g/mol. The fourth-order valence-electron chi connectivity index (χ4n) is 1.49. The monoisotopic (exact) mass is 233 g/mol. The summed E-state index contributed by atoms with van der Waals surface area (Å²) >= 11 is 0. The molecule has 0 aliphatic heterocycles. The van der Waals surface area contributed by atoms with Crippen molar-refractivity contribution in [3.63, 3.8) is 0 Å². The van der Waals surface area contributed by atoms with Crippen molar-refractivity contribution in [2.45, 2.75) is 33.3 Å². The van der Waals surface area contributed by atoms with Crippen LogP contribution in [0.15, 0.2) is 24.3 Å². The molecule has 0 aromatic heterocycles. The van der Waals surface area contributed by atoms with Gasteiger partial charge in [-0.05, 0) is 44.4 Å². The Morgan fingerprint density at radius 1 is 1.41 bits per heavy atom. The third kappa shape index (κ3) is 4.88. The Hall–Kier alpha value is -1.53. The molecule has 1 N–H and O–H groups in total. The Bertz CT molecular complexity index is 393. The number of aliphatic hydroxyl groups excluding tert-OH is 1. The van der Waals surface area contributed by atoms with Gasteiger partial charge in [0.1, 0.15) is 5.75 Å². The van der Waals surface area contributed by atoms with Crippen molar-refractivity contribution >= 4 is 0 Å². The van der Waals surface area contributed by atoms with Crippen molar-refractivity contribution in [1.82, 2.24) is 0 Å². The molecule has 0 saturated heterocycles. The number of aliphatic hydroxyl groups is 1. The largest absolute Gasteiger partial charge is 0.494 e. The van der Waals surface area contributed by atoms with E-state index < -0.39 is 0 Å². The summed E-state index contributed by atoms with van der Waals surface area (Å²) < 4.78 is 5.57. The molecule has 1 rings (SSSR count). The van der Waals surface area contributed by atoms with Gasteiger partial charge in [-0.2, -0.15) is 5.26 Å². The molecule has 0 atom stereocenters. The number of nitrogens with zero attached hydrogens (tertiary/aromatic N) is 1. The van der Waals surface area contributed by atoms with Gasteiger partial charge in [0.15, 0.2) is 0 Å². The summed E-state index contributed by atoms with van der Waals surface area (Å²) in [5.41, 5.74) is 0.566. The van der Waals surface area contributed by atoms with Gasteiger partial charge in [0, 0.05) is 0 Å². The predicted octanol–water partition coefficient (Wildman–Crippen LogP) is 2.89. The normalized spacial score (nSPS) is 10.9. The first-order chi connectivity index (χ1) is 8.07. The zero-order valence-electron chi connectivity index (χ0n) is 10.4. The van der Waals surface area contributed by atoms with Crippen LogP contribution in [0.3, 0.4) is 0 Å². The Morgan fingerprint density at radius 3 is 2.82 bits per heavy atom. The summed E-state index contributed by atoms with van der Waals surface area (Å²) in [7, 11) is 0. The molecule has 0 spiro atoms. The van der Waals surface area contributed by atoms with Crippen LogP contribution in [0.4, 0.5) is 0 Å². The van der Waals surface area contributed by atoms with Crippen LogP contribution in [0.25, 0.3) is 0 Å². The van der Waals surface area contributed by atoms with Gasteiger partial charge in [-0.1, -0.05) is 12.1 Å². The zero-order chi connectivity index (χ0) is 12.7. The maximum Gasteiger partial charge on any atom is 0.119 e. The highest BCUT2D eigenvalue weighted by Gasteiger charge is 2.15. The Morgan fingerprint density at radius 2 is 2.18 bits per heavy atom. The average Bonchev–Trinajstić information content (AvgIpc) is 2.35. The second-order valence-electron chi connectivity index (χ2n) is 4.75. The van der Waals surface area contributed by atoms with Crippen molar-refractivity contribution in [1.29, 1.82) is 5.26 Å². The summed E-state index contributed by atoms with van der Waals surface area (Å²) in [5.74, 6) is 0.770. The van der Waals surface area contributed by atoms with E-state index in [0.29, 0.717) is 6.61 Å². The number of hydrogen-bond donors (Lipinski definition) is 1. The molecule has 3 nitrogen and oxygen atoms in total. The minimum Gasteiger partial charge on any atom is -0.494 e. The maximum absolute atomic E-state index is 8.98. The van der Waals surface area contributed by atoms with E-state index in [2.05, 4.69) is 6.07 Å². The van der Waals surface area contributed by atoms with Crippen LogP contribution >= 0.6 is 0 Å². The number of rotatable bonds is 6. The SMILES string of the molecule is CC(C)(C#N)CCCOc1cccc(CO)c1. The third-order valence-corrected chi connectivity index (χ3v) is 2.60. The van der Waals surface area contributed by atoms with Crippen LogP contribution in [0.1, 0.15) is 32.3 Å². The summed E-state index contributed by atoms with van der Waals surface area (Å²) in [5, 5.41) is 17.8. The predicted molar refractivity (Wildman–Crippen MR) is 66.5 cm³/mol. The van der Waals surface area contributed by atoms with Crippen LogP contribution in [-0.2, 0) is 6.61 Å². The molecular formula is C14H19NO2. The molecule has 0 fully saturated rings. The lowest BCUT2D eigenvalue weighted by molar-refractivity contribution is 0.274. The lowest BCUT2D eigenvalue weighted by Gasteiger charge is -2.14. The highest BCUT2D eigenvalue weighted by atomic mass is 16.5. The zero-order valence-corrected chi connectivity index (χ0v) is 10.4. The minimum absolute atomic E-state index is 0.0265. The number of hydrogen-bond acceptors (Lipinski definition) is 3. The van der Waals surface area contributed by atoms with E-state index in [1.165, 1.54) is 0 Å². The smallest absolute Gasteiger partial charge is 0.119 e. The topological polar surface area (TPSA) is 53.2 Å². The van der Waals surface area contributed by atoms with Crippen LogP contribution < -0.4 is 4.74 Å². The fourth-order valence-corrected chi connectivity index (χ4v) is 1.49. The van der Waals surface area contributed by atoms with Crippen molar-refractivity contribution in [2.24, 2.45) is 5.41 Å². The van der Waals surface area contributed by atoms with Gasteiger partial charge in [0.25, 0.3) is 0 Å². The van der Waals surface area contributed by atoms with Gasteiger partial charge in [-0.15, -0.1) is 0 Å². The van der Waals surface area contributed by atoms with Gasteiger partial charge in [-0.3, -0.25) is 0 Å². The molecule has 0 amide bonds. The lowest BCUT2D eigenvalue weighted by Crippen LogP contribution is -2.10. The van der Waals surface area contributed by atoms with Gasteiger partial charge in [-0.25, -0.2) is 0 Å². The number of nitriles is 1. The Kier molecular flexibility index (Phi) is 4.99. The first-order valence-electron chi connectivity index (χ1n) is 5.81. The van der Waals surface area contributed by atoms with E-state index in [0.717, 1.165) is 24.2 Å². The molecule has 0 aliphatic rings. The number of benzene rings is 1. The molecule has 17 heavy (non-hydrogen) atoms. The van der Waals surface area contributed by atoms with Crippen molar-refractivity contribution < 1.29 is 9.84 Å². The van der Waals surface area contributed by atoms with Gasteiger partial charge >= 0.3 is 0 Å². The first kappa shape index (κ1) is 13.5. The van der Waals surface area contributed by atoms with Crippen LogP contribution in [0.2, 0.25) is 0 Å². The van der Waals surface area contributed by atoms with Crippen molar-refractivity contribution in [3.8, 4) is 11.8 Å². The van der Waals surface area contributed by atoms with Gasteiger partial charge in [0.2, 0.25) is 0 Å². The van der Waals surface area contributed by atoms with E-state index in [-0.39, 0.29) is 12.0 Å². The second-order valence-corrected chi connectivity index (χ2v) is 4.75. The second kappa shape index (κ2) is 6.27. The lowest BCUT2D eigenvalue weighted by atomic mass is 9.90. The van der Waals surface area contributed by atoms with Gasteiger partial charge in [0.05, 0.1) is 24.7 Å². The van der Waals surface area contributed by atoms with Crippen molar-refractivity contribution in [2.75, 3.05) is 6.61 Å². The third-order valence-electron chi connectivity index (χ3n) is 2.60. The summed E-state index contributed by atoms with van der Waals surface area (Å²) in [4.78, 5) is 0. The molecule has 1 aromatic carbocycles. The Labute approximate surface area is 103 Å². The van der Waals surface area contributed by atoms with E-state index in [1.807, 2.05) is 38.1 Å². The molecule has 3 heteroatoms. The highest BCUT2D eigenvalue weighted by Crippen LogP contribution is 2.21. The highest BCUT2D eigenvalue weighted by molar-refractivity contribution is 5.27. The first-order valence-corrected chi connectivity index (χ1v) is 5.81. The van der Waals surface area contributed by atoms with Crippen LogP contribution in [0, 0.1) is 16.7 Å². The molecule has 0 bridgehead atoms. The van der Waals surface area contributed by atoms with Gasteiger partial charge < -0.3 is 9.84 Å². The van der Waals surface area contributed by atoms with Crippen LogP contribution in [-0.4, -0.2) is 11.7 Å². The molecule has 0 aliphatic carbocycles. The number of ether oxygens (including phenoxy) is 1. The molecule has 0 radical (unpaired) electrons. The van der Waals surface area contributed by atoms with E-state index >= 15 is 0 Å².